The fourth-order valence-electron chi connectivity index (χ4n) is 3.30. The lowest BCUT2D eigenvalue weighted by molar-refractivity contribution is 0.137. The molecule has 0 aromatic heterocycles. The van der Waals surface area contributed by atoms with Crippen molar-refractivity contribution >= 4 is 9.84 Å². The summed E-state index contributed by atoms with van der Waals surface area (Å²) in [6.45, 7) is 1.09. The molecule has 0 aromatic carbocycles. The van der Waals surface area contributed by atoms with Crippen molar-refractivity contribution in [1.82, 2.24) is 4.90 Å². The van der Waals surface area contributed by atoms with E-state index in [1.165, 1.54) is 31.9 Å². The van der Waals surface area contributed by atoms with Gasteiger partial charge in [-0.2, -0.15) is 0 Å². The molecule has 2 aliphatic rings. The second kappa shape index (κ2) is 5.27. The maximum Gasteiger partial charge on any atom is 0.151 e. The summed E-state index contributed by atoms with van der Waals surface area (Å²) >= 11 is 0. The Morgan fingerprint density at radius 1 is 1.06 bits per heavy atom. The Kier molecular flexibility index (Phi) is 4.14. The van der Waals surface area contributed by atoms with Crippen LogP contribution in [-0.4, -0.2) is 44.5 Å². The highest BCUT2D eigenvalue weighted by atomic mass is 32.2. The fraction of sp³-hybridized carbons (Fsp3) is 1.00. The van der Waals surface area contributed by atoms with Gasteiger partial charge >= 0.3 is 0 Å². The molecule has 2 rings (SSSR count). The van der Waals surface area contributed by atoms with Gasteiger partial charge in [0.25, 0.3) is 0 Å². The Balaban J connectivity index is 1.99. The number of nitrogens with zero attached hydrogens (tertiary/aromatic N) is 1. The molecule has 0 saturated heterocycles. The molecule has 0 amide bonds. The summed E-state index contributed by atoms with van der Waals surface area (Å²) in [7, 11) is -0.769. The second-order valence-electron chi connectivity index (χ2n) is 5.96. The molecule has 2 unspecified atom stereocenters. The predicted molar refractivity (Wildman–Crippen MR) is 70.9 cm³/mol. The molecule has 17 heavy (non-hydrogen) atoms. The lowest BCUT2D eigenvalue weighted by atomic mass is 9.84. The summed E-state index contributed by atoms with van der Waals surface area (Å²) in [6.07, 6.45) is 9.61. The van der Waals surface area contributed by atoms with E-state index in [9.17, 15) is 8.42 Å². The first-order chi connectivity index (χ1) is 7.98. The molecule has 0 N–H and O–H groups in total. The van der Waals surface area contributed by atoms with Gasteiger partial charge in [0.05, 0.1) is 5.25 Å². The summed E-state index contributed by atoms with van der Waals surface area (Å²) < 4.78 is 23.7. The molecule has 2 saturated carbocycles. The zero-order chi connectivity index (χ0) is 12.5. The lowest BCUT2D eigenvalue weighted by Gasteiger charge is -2.40. The number of sulfone groups is 1. The van der Waals surface area contributed by atoms with Crippen LogP contribution >= 0.6 is 0 Å². The number of hydrogen-bond acceptors (Lipinski definition) is 3. The van der Waals surface area contributed by atoms with Crippen molar-refractivity contribution in [3.8, 4) is 0 Å². The smallest absolute Gasteiger partial charge is 0.151 e. The van der Waals surface area contributed by atoms with Gasteiger partial charge in [0.15, 0.2) is 9.84 Å². The highest BCUT2D eigenvalue weighted by Crippen LogP contribution is 2.31. The van der Waals surface area contributed by atoms with Crippen molar-refractivity contribution in [3.05, 3.63) is 0 Å². The molecule has 0 aliphatic heterocycles. The first-order valence-corrected chi connectivity index (χ1v) is 8.83. The highest BCUT2D eigenvalue weighted by Gasteiger charge is 2.36. The SMILES string of the molecule is CN(CC1CCC1)C1CCCCC1S(C)(=O)=O. The van der Waals surface area contributed by atoms with Crippen LogP contribution in [-0.2, 0) is 9.84 Å². The van der Waals surface area contributed by atoms with E-state index in [4.69, 9.17) is 0 Å². The van der Waals surface area contributed by atoms with Gasteiger partial charge in [-0.15, -0.1) is 0 Å². The fourth-order valence-corrected chi connectivity index (χ4v) is 4.81. The van der Waals surface area contributed by atoms with Crippen LogP contribution in [0.25, 0.3) is 0 Å². The van der Waals surface area contributed by atoms with Crippen LogP contribution in [0.2, 0.25) is 0 Å². The molecular formula is C13H25NO2S. The average Bonchev–Trinajstić information content (AvgIpc) is 2.22. The van der Waals surface area contributed by atoms with Gasteiger partial charge in [-0.05, 0) is 38.6 Å². The Morgan fingerprint density at radius 2 is 1.71 bits per heavy atom. The number of rotatable bonds is 4. The van der Waals surface area contributed by atoms with Crippen molar-refractivity contribution in [1.29, 1.82) is 0 Å². The van der Waals surface area contributed by atoms with Crippen molar-refractivity contribution in [2.24, 2.45) is 5.92 Å². The van der Waals surface area contributed by atoms with Gasteiger partial charge in [-0.25, -0.2) is 8.42 Å². The van der Waals surface area contributed by atoms with Crippen LogP contribution < -0.4 is 0 Å². The first-order valence-electron chi connectivity index (χ1n) is 6.87. The average molecular weight is 259 g/mol. The summed E-state index contributed by atoms with van der Waals surface area (Å²) in [6, 6.07) is 0.263. The Morgan fingerprint density at radius 3 is 2.24 bits per heavy atom. The van der Waals surface area contributed by atoms with Gasteiger partial charge in [-0.3, -0.25) is 0 Å². The van der Waals surface area contributed by atoms with Crippen LogP contribution in [0.1, 0.15) is 44.9 Å². The summed E-state index contributed by atoms with van der Waals surface area (Å²) in [5, 5.41) is -0.124. The second-order valence-corrected chi connectivity index (χ2v) is 8.22. The third-order valence-corrected chi connectivity index (χ3v) is 6.20. The lowest BCUT2D eigenvalue weighted by Crippen LogP contribution is -2.48. The van der Waals surface area contributed by atoms with Crippen molar-refractivity contribution in [2.45, 2.75) is 56.2 Å². The van der Waals surface area contributed by atoms with E-state index in [1.807, 2.05) is 0 Å². The summed E-state index contributed by atoms with van der Waals surface area (Å²) in [5.74, 6) is 0.821. The minimum absolute atomic E-state index is 0.124. The maximum atomic E-state index is 11.8. The van der Waals surface area contributed by atoms with Gasteiger partial charge in [-0.1, -0.05) is 19.3 Å². The molecular weight excluding hydrogens is 234 g/mol. The highest BCUT2D eigenvalue weighted by molar-refractivity contribution is 7.91. The molecule has 2 fully saturated rings. The number of hydrogen-bond donors (Lipinski definition) is 0. The van der Waals surface area contributed by atoms with Gasteiger partial charge in [0.1, 0.15) is 0 Å². The summed E-state index contributed by atoms with van der Waals surface area (Å²) in [4.78, 5) is 2.33. The Labute approximate surface area is 105 Å². The van der Waals surface area contributed by atoms with Crippen molar-refractivity contribution < 1.29 is 8.42 Å². The zero-order valence-corrected chi connectivity index (χ0v) is 11.9. The maximum absolute atomic E-state index is 11.8. The topological polar surface area (TPSA) is 37.4 Å². The van der Waals surface area contributed by atoms with E-state index in [-0.39, 0.29) is 11.3 Å². The standard InChI is InChI=1S/C13H25NO2S/c1-14(10-11-6-5-7-11)12-8-3-4-9-13(12)17(2,15)16/h11-13H,3-10H2,1-2H3. The normalized spacial score (nSPS) is 31.5. The Bertz CT molecular complexity index is 348. The third-order valence-electron chi connectivity index (χ3n) is 4.55. The van der Waals surface area contributed by atoms with Crippen LogP contribution in [0.4, 0.5) is 0 Å². The van der Waals surface area contributed by atoms with Crippen molar-refractivity contribution in [2.75, 3.05) is 19.8 Å². The van der Waals surface area contributed by atoms with Crippen molar-refractivity contribution in [3.63, 3.8) is 0 Å². The molecule has 0 radical (unpaired) electrons. The van der Waals surface area contributed by atoms with E-state index in [0.29, 0.717) is 0 Å². The quantitative estimate of drug-likeness (QED) is 0.775. The van der Waals surface area contributed by atoms with E-state index >= 15 is 0 Å². The van der Waals surface area contributed by atoms with E-state index in [2.05, 4.69) is 11.9 Å². The zero-order valence-electron chi connectivity index (χ0n) is 11.1. The van der Waals surface area contributed by atoms with Crippen LogP contribution in [0.3, 0.4) is 0 Å². The molecule has 0 heterocycles. The molecule has 0 spiro atoms. The molecule has 100 valence electrons. The largest absolute Gasteiger partial charge is 0.302 e. The predicted octanol–water partition coefficient (Wildman–Crippen LogP) is 2.07. The minimum Gasteiger partial charge on any atom is -0.302 e. The molecule has 3 nitrogen and oxygen atoms in total. The Hall–Kier alpha value is -0.0900. The summed E-state index contributed by atoms with van der Waals surface area (Å²) in [5.41, 5.74) is 0. The van der Waals surface area contributed by atoms with E-state index in [0.717, 1.165) is 31.7 Å². The molecule has 2 aliphatic carbocycles. The van der Waals surface area contributed by atoms with Crippen LogP contribution in [0, 0.1) is 5.92 Å². The van der Waals surface area contributed by atoms with E-state index < -0.39 is 9.84 Å². The van der Waals surface area contributed by atoms with Gasteiger partial charge in [0.2, 0.25) is 0 Å². The molecule has 0 bridgehead atoms. The van der Waals surface area contributed by atoms with Crippen LogP contribution in [0.15, 0.2) is 0 Å². The molecule has 0 aromatic rings. The van der Waals surface area contributed by atoms with Gasteiger partial charge < -0.3 is 4.90 Å². The first kappa shape index (κ1) is 13.3. The monoisotopic (exact) mass is 259 g/mol. The third kappa shape index (κ3) is 3.22. The van der Waals surface area contributed by atoms with Crippen LogP contribution in [0.5, 0.6) is 0 Å². The van der Waals surface area contributed by atoms with Gasteiger partial charge in [0, 0.05) is 18.8 Å². The molecule has 4 heteroatoms. The minimum atomic E-state index is -2.89. The molecule has 2 atom stereocenters. The van der Waals surface area contributed by atoms with E-state index in [1.54, 1.807) is 0 Å².